The van der Waals surface area contributed by atoms with Crippen molar-refractivity contribution in [1.29, 1.82) is 0 Å². The first-order chi connectivity index (χ1) is 14.3. The summed E-state index contributed by atoms with van der Waals surface area (Å²) in [6, 6.07) is 7.96. The highest BCUT2D eigenvalue weighted by molar-refractivity contribution is 6.04. The van der Waals surface area contributed by atoms with E-state index in [1.807, 2.05) is 0 Å². The molecule has 6 nitrogen and oxygen atoms in total. The largest absolute Gasteiger partial charge is 0.417 e. The van der Waals surface area contributed by atoms with Crippen molar-refractivity contribution in [2.24, 2.45) is 0 Å². The molecule has 1 saturated carbocycles. The second-order valence-corrected chi connectivity index (χ2v) is 7.51. The van der Waals surface area contributed by atoms with Gasteiger partial charge in [-0.3, -0.25) is 15.1 Å². The van der Waals surface area contributed by atoms with Crippen molar-refractivity contribution >= 4 is 17.4 Å². The second-order valence-electron chi connectivity index (χ2n) is 7.51. The Morgan fingerprint density at radius 1 is 1.13 bits per heavy atom. The van der Waals surface area contributed by atoms with Gasteiger partial charge in [0, 0.05) is 5.56 Å². The number of pyridine rings is 1. The lowest BCUT2D eigenvalue weighted by atomic mass is 9.84. The van der Waals surface area contributed by atoms with E-state index in [9.17, 15) is 18.0 Å². The number of carbonyl (C=O) groups excluding carboxylic acids is 1. The van der Waals surface area contributed by atoms with E-state index in [2.05, 4.69) is 15.8 Å². The van der Waals surface area contributed by atoms with Gasteiger partial charge in [-0.25, -0.2) is 4.98 Å². The number of nitrogens with two attached hydrogens (primary N) is 1. The molecule has 2 aromatic rings. The van der Waals surface area contributed by atoms with Gasteiger partial charge in [-0.05, 0) is 37.1 Å². The number of hydrogen-bond donors (Lipinski definition) is 3. The third kappa shape index (κ3) is 3.97. The number of anilines is 2. The fourth-order valence-corrected chi connectivity index (χ4v) is 3.86. The third-order valence-electron chi connectivity index (χ3n) is 5.40. The van der Waals surface area contributed by atoms with Gasteiger partial charge in [0.1, 0.15) is 17.1 Å². The Balaban J connectivity index is 1.54. The van der Waals surface area contributed by atoms with E-state index < -0.39 is 23.2 Å². The molecule has 1 aromatic carbocycles. The predicted octanol–water partition coefficient (Wildman–Crippen LogP) is 4.41. The third-order valence-corrected chi connectivity index (χ3v) is 5.40. The number of alkyl halides is 3. The Morgan fingerprint density at radius 3 is 2.57 bits per heavy atom. The number of rotatable bonds is 3. The van der Waals surface area contributed by atoms with E-state index in [1.54, 1.807) is 6.08 Å². The molecule has 4 N–H and O–H groups in total. The lowest BCUT2D eigenvalue weighted by Gasteiger charge is -2.29. The molecule has 0 bridgehead atoms. The Morgan fingerprint density at radius 2 is 1.87 bits per heavy atom. The monoisotopic (exact) mass is 418 g/mol. The van der Waals surface area contributed by atoms with Crippen LogP contribution in [0, 0.1) is 0 Å². The van der Waals surface area contributed by atoms with Crippen molar-refractivity contribution in [3.05, 3.63) is 53.7 Å². The van der Waals surface area contributed by atoms with Crippen molar-refractivity contribution in [2.75, 3.05) is 11.1 Å². The SMILES string of the molecule is Nc1nc(-c2ccccc2C(F)(F)F)ccc1NC(=O)C1=CC2(CCCCC2)ON1. The molecule has 1 aliphatic heterocycles. The normalized spacial score (nSPS) is 18.0. The van der Waals surface area contributed by atoms with Crippen LogP contribution >= 0.6 is 0 Å². The van der Waals surface area contributed by atoms with Crippen LogP contribution in [0.3, 0.4) is 0 Å². The van der Waals surface area contributed by atoms with Crippen LogP contribution in [0.25, 0.3) is 11.3 Å². The van der Waals surface area contributed by atoms with Gasteiger partial charge in [0.05, 0.1) is 16.9 Å². The van der Waals surface area contributed by atoms with Gasteiger partial charge < -0.3 is 11.1 Å². The summed E-state index contributed by atoms with van der Waals surface area (Å²) in [5.74, 6) is -0.529. The molecule has 9 heteroatoms. The number of nitrogens with one attached hydrogen (secondary N) is 2. The summed E-state index contributed by atoms with van der Waals surface area (Å²) < 4.78 is 39.8. The number of halogens is 3. The van der Waals surface area contributed by atoms with Crippen LogP contribution in [0.1, 0.15) is 37.7 Å². The molecule has 0 atom stereocenters. The zero-order valence-electron chi connectivity index (χ0n) is 16.1. The summed E-state index contributed by atoms with van der Waals surface area (Å²) in [7, 11) is 0. The molecule has 0 saturated heterocycles. The molecule has 1 aromatic heterocycles. The molecule has 2 aliphatic rings. The van der Waals surface area contributed by atoms with Crippen LogP contribution in [-0.4, -0.2) is 16.5 Å². The van der Waals surface area contributed by atoms with Gasteiger partial charge >= 0.3 is 6.18 Å². The van der Waals surface area contributed by atoms with Crippen LogP contribution in [0.15, 0.2) is 48.2 Å². The van der Waals surface area contributed by atoms with Gasteiger partial charge in [0.25, 0.3) is 5.91 Å². The van der Waals surface area contributed by atoms with E-state index in [1.165, 1.54) is 30.3 Å². The average Bonchev–Trinajstić information content (AvgIpc) is 3.13. The van der Waals surface area contributed by atoms with E-state index in [4.69, 9.17) is 10.6 Å². The minimum Gasteiger partial charge on any atom is -0.382 e. The highest BCUT2D eigenvalue weighted by Gasteiger charge is 2.38. The summed E-state index contributed by atoms with van der Waals surface area (Å²) in [5, 5.41) is 2.64. The number of hydroxylamine groups is 1. The van der Waals surface area contributed by atoms with Crippen molar-refractivity contribution in [1.82, 2.24) is 10.5 Å². The van der Waals surface area contributed by atoms with Crippen molar-refractivity contribution < 1.29 is 22.8 Å². The molecule has 158 valence electrons. The number of nitrogens with zero attached hydrogens (tertiary/aromatic N) is 1. The fraction of sp³-hybridized carbons (Fsp3) is 0.333. The first-order valence-electron chi connectivity index (χ1n) is 9.69. The first-order valence-corrected chi connectivity index (χ1v) is 9.69. The van der Waals surface area contributed by atoms with Crippen LogP contribution in [-0.2, 0) is 15.8 Å². The molecule has 1 aliphatic carbocycles. The molecule has 30 heavy (non-hydrogen) atoms. The maximum Gasteiger partial charge on any atom is 0.417 e. The molecule has 2 heterocycles. The topological polar surface area (TPSA) is 89.3 Å². The molecule has 1 spiro atoms. The molecule has 0 radical (unpaired) electrons. The van der Waals surface area contributed by atoms with Gasteiger partial charge in [-0.1, -0.05) is 37.5 Å². The molecule has 1 amide bonds. The number of nitrogen functional groups attached to an aromatic ring is 1. The predicted molar refractivity (Wildman–Crippen MR) is 106 cm³/mol. The summed E-state index contributed by atoms with van der Waals surface area (Å²) in [4.78, 5) is 22.3. The smallest absolute Gasteiger partial charge is 0.382 e. The minimum atomic E-state index is -4.52. The zero-order valence-corrected chi connectivity index (χ0v) is 16.1. The van der Waals surface area contributed by atoms with Crippen molar-refractivity contribution in [3.63, 3.8) is 0 Å². The summed E-state index contributed by atoms with van der Waals surface area (Å²) >= 11 is 0. The van der Waals surface area contributed by atoms with E-state index in [-0.39, 0.29) is 28.5 Å². The van der Waals surface area contributed by atoms with Crippen LogP contribution in [0.5, 0.6) is 0 Å². The Labute approximate surface area is 171 Å². The lowest BCUT2D eigenvalue weighted by Crippen LogP contribution is -2.32. The van der Waals surface area contributed by atoms with E-state index in [0.717, 1.165) is 38.2 Å². The molecular formula is C21H21F3N4O2. The minimum absolute atomic E-state index is 0.0705. The second kappa shape index (κ2) is 7.64. The number of hydrogen-bond acceptors (Lipinski definition) is 5. The molecule has 4 rings (SSSR count). The Hall–Kier alpha value is -3.07. The summed E-state index contributed by atoms with van der Waals surface area (Å²) in [6.07, 6.45) is 2.17. The zero-order chi connectivity index (χ0) is 21.4. The number of carbonyl (C=O) groups is 1. The number of aromatic nitrogens is 1. The lowest BCUT2D eigenvalue weighted by molar-refractivity contribution is -0.137. The van der Waals surface area contributed by atoms with Gasteiger partial charge in [0.15, 0.2) is 0 Å². The standard InChI is InChI=1S/C21H21F3N4O2/c22-21(23,24)14-7-3-2-6-13(14)15-8-9-16(18(25)26-15)27-19(29)17-12-20(30-28-17)10-4-1-5-11-20/h2-3,6-9,12,28H,1,4-5,10-11H2,(H2,25,26)(H,27,29). The quantitative estimate of drug-likeness (QED) is 0.687. The van der Waals surface area contributed by atoms with Gasteiger partial charge in [-0.2, -0.15) is 13.2 Å². The maximum absolute atomic E-state index is 13.3. The summed E-state index contributed by atoms with van der Waals surface area (Å²) in [5.41, 5.74) is 7.82. The highest BCUT2D eigenvalue weighted by atomic mass is 19.4. The Bertz CT molecular complexity index is 998. The molecule has 1 fully saturated rings. The van der Waals surface area contributed by atoms with E-state index >= 15 is 0 Å². The first kappa shape index (κ1) is 20.2. The number of amides is 1. The van der Waals surface area contributed by atoms with Crippen LogP contribution < -0.4 is 16.5 Å². The van der Waals surface area contributed by atoms with Crippen LogP contribution in [0.2, 0.25) is 0 Å². The van der Waals surface area contributed by atoms with Gasteiger partial charge in [-0.15, -0.1) is 0 Å². The molecule has 0 unspecified atom stereocenters. The Kier molecular flexibility index (Phi) is 5.15. The maximum atomic E-state index is 13.3. The molecular weight excluding hydrogens is 397 g/mol. The van der Waals surface area contributed by atoms with Crippen LogP contribution in [0.4, 0.5) is 24.7 Å². The fourth-order valence-electron chi connectivity index (χ4n) is 3.86. The van der Waals surface area contributed by atoms with E-state index in [0.29, 0.717) is 0 Å². The van der Waals surface area contributed by atoms with Crippen molar-refractivity contribution in [3.8, 4) is 11.3 Å². The number of benzene rings is 1. The van der Waals surface area contributed by atoms with Crippen molar-refractivity contribution in [2.45, 2.75) is 43.9 Å². The van der Waals surface area contributed by atoms with Gasteiger partial charge in [0.2, 0.25) is 0 Å². The highest BCUT2D eigenvalue weighted by Crippen LogP contribution is 2.38. The average molecular weight is 418 g/mol. The summed E-state index contributed by atoms with van der Waals surface area (Å²) in [6.45, 7) is 0.